The van der Waals surface area contributed by atoms with Gasteiger partial charge in [0.05, 0.1) is 30.2 Å². The Labute approximate surface area is 126 Å². The van der Waals surface area contributed by atoms with E-state index in [0.717, 1.165) is 5.56 Å². The minimum Gasteiger partial charge on any atom is -0.466 e. The summed E-state index contributed by atoms with van der Waals surface area (Å²) in [7, 11) is 1.34. The van der Waals surface area contributed by atoms with Crippen molar-refractivity contribution in [2.45, 2.75) is 13.0 Å². The summed E-state index contributed by atoms with van der Waals surface area (Å²) in [5, 5.41) is 0.652. The standard InChI is InChI=1S/C15H14N2O3S/c1-9-12(14(19)20-2)13(10-6-4-3-5-7-10)17-11(18)8-21-15(17)16-9/h3-7,13H,8H2,1-2H3/t13-/m1/s1. The molecule has 2 aliphatic rings. The average Bonchev–Trinajstić information content (AvgIpc) is 2.87. The number of methoxy groups -OCH3 is 1. The van der Waals surface area contributed by atoms with Crippen LogP contribution in [0.4, 0.5) is 0 Å². The lowest BCUT2D eigenvalue weighted by molar-refractivity contribution is -0.137. The van der Waals surface area contributed by atoms with Crippen LogP contribution in [-0.4, -0.2) is 34.8 Å². The van der Waals surface area contributed by atoms with E-state index in [0.29, 0.717) is 22.2 Å². The molecule has 21 heavy (non-hydrogen) atoms. The Morgan fingerprint density at radius 3 is 2.76 bits per heavy atom. The van der Waals surface area contributed by atoms with Crippen molar-refractivity contribution in [3.05, 3.63) is 47.2 Å². The molecule has 1 saturated heterocycles. The van der Waals surface area contributed by atoms with Crippen LogP contribution in [0.2, 0.25) is 0 Å². The molecule has 0 radical (unpaired) electrons. The van der Waals surface area contributed by atoms with Crippen molar-refractivity contribution >= 4 is 28.8 Å². The monoisotopic (exact) mass is 302 g/mol. The molecule has 0 aromatic heterocycles. The first-order chi connectivity index (χ1) is 10.1. The van der Waals surface area contributed by atoms with Gasteiger partial charge in [-0.3, -0.25) is 9.69 Å². The summed E-state index contributed by atoms with van der Waals surface area (Å²) < 4.78 is 4.88. The maximum Gasteiger partial charge on any atom is 0.338 e. The molecule has 1 aromatic rings. The molecular weight excluding hydrogens is 288 g/mol. The number of hydrogen-bond acceptors (Lipinski definition) is 5. The van der Waals surface area contributed by atoms with Gasteiger partial charge in [-0.05, 0) is 12.5 Å². The molecule has 0 bridgehead atoms. The van der Waals surface area contributed by atoms with Gasteiger partial charge in [-0.1, -0.05) is 42.1 Å². The van der Waals surface area contributed by atoms with Crippen molar-refractivity contribution in [2.24, 2.45) is 4.99 Å². The molecule has 1 aromatic carbocycles. The fourth-order valence-corrected chi connectivity index (χ4v) is 3.50. The molecule has 1 fully saturated rings. The maximum atomic E-state index is 12.2. The lowest BCUT2D eigenvalue weighted by atomic mass is 9.94. The molecule has 0 N–H and O–H groups in total. The number of allylic oxidation sites excluding steroid dienone is 1. The highest BCUT2D eigenvalue weighted by Gasteiger charge is 2.42. The van der Waals surface area contributed by atoms with E-state index in [1.807, 2.05) is 30.3 Å². The number of hydrogen-bond donors (Lipinski definition) is 0. The maximum absolute atomic E-state index is 12.2. The van der Waals surface area contributed by atoms with Gasteiger partial charge >= 0.3 is 5.97 Å². The zero-order valence-electron chi connectivity index (χ0n) is 11.7. The smallest absolute Gasteiger partial charge is 0.338 e. The average molecular weight is 302 g/mol. The normalized spacial score (nSPS) is 21.2. The molecule has 0 unspecified atom stereocenters. The number of amidine groups is 1. The van der Waals surface area contributed by atoms with Gasteiger partial charge in [0.15, 0.2) is 5.17 Å². The van der Waals surface area contributed by atoms with Crippen LogP contribution in [0.25, 0.3) is 0 Å². The molecule has 5 nitrogen and oxygen atoms in total. The zero-order valence-corrected chi connectivity index (χ0v) is 12.5. The number of benzene rings is 1. The van der Waals surface area contributed by atoms with Crippen molar-refractivity contribution in [1.29, 1.82) is 0 Å². The highest BCUT2D eigenvalue weighted by molar-refractivity contribution is 8.15. The number of nitrogens with zero attached hydrogens (tertiary/aromatic N) is 2. The SMILES string of the molecule is COC(=O)C1=C(C)N=C2SCC(=O)N2[C@@H]1c1ccccc1. The van der Waals surface area contributed by atoms with Gasteiger partial charge in [0, 0.05) is 0 Å². The van der Waals surface area contributed by atoms with Crippen LogP contribution in [-0.2, 0) is 14.3 Å². The summed E-state index contributed by atoms with van der Waals surface area (Å²) in [6.07, 6.45) is 0. The summed E-state index contributed by atoms with van der Waals surface area (Å²) >= 11 is 1.40. The second kappa shape index (κ2) is 5.37. The third-order valence-corrected chi connectivity index (χ3v) is 4.44. The fourth-order valence-electron chi connectivity index (χ4n) is 2.56. The number of esters is 1. The topological polar surface area (TPSA) is 59.0 Å². The van der Waals surface area contributed by atoms with E-state index in [4.69, 9.17) is 4.74 Å². The first-order valence-corrected chi connectivity index (χ1v) is 7.49. The number of carbonyl (C=O) groups excluding carboxylic acids is 2. The summed E-state index contributed by atoms with van der Waals surface area (Å²) in [6, 6.07) is 9.02. The van der Waals surface area contributed by atoms with Crippen molar-refractivity contribution in [3.63, 3.8) is 0 Å². The van der Waals surface area contributed by atoms with Gasteiger partial charge in [-0.15, -0.1) is 0 Å². The van der Waals surface area contributed by atoms with E-state index >= 15 is 0 Å². The number of ether oxygens (including phenoxy) is 1. The molecule has 0 aliphatic carbocycles. The quantitative estimate of drug-likeness (QED) is 0.785. The van der Waals surface area contributed by atoms with Crippen LogP contribution in [0, 0.1) is 0 Å². The van der Waals surface area contributed by atoms with Gasteiger partial charge in [0.1, 0.15) is 0 Å². The van der Waals surface area contributed by atoms with Crippen molar-refractivity contribution in [2.75, 3.05) is 12.9 Å². The van der Waals surface area contributed by atoms with Crippen molar-refractivity contribution in [1.82, 2.24) is 4.90 Å². The molecule has 6 heteroatoms. The lowest BCUT2D eigenvalue weighted by Gasteiger charge is -2.32. The molecule has 1 atom stereocenters. The van der Waals surface area contributed by atoms with E-state index in [-0.39, 0.29) is 5.91 Å². The molecule has 108 valence electrons. The number of thioether (sulfide) groups is 1. The van der Waals surface area contributed by atoms with Gasteiger partial charge < -0.3 is 4.74 Å². The van der Waals surface area contributed by atoms with E-state index < -0.39 is 12.0 Å². The largest absolute Gasteiger partial charge is 0.466 e. The predicted octanol–water partition coefficient (Wildman–Crippen LogP) is 2.12. The Morgan fingerprint density at radius 1 is 1.38 bits per heavy atom. The third-order valence-electron chi connectivity index (χ3n) is 3.50. The van der Waals surface area contributed by atoms with E-state index in [1.165, 1.54) is 18.9 Å². The third kappa shape index (κ3) is 2.25. The van der Waals surface area contributed by atoms with Gasteiger partial charge in [-0.2, -0.15) is 0 Å². The van der Waals surface area contributed by atoms with Crippen LogP contribution < -0.4 is 0 Å². The summed E-state index contributed by atoms with van der Waals surface area (Å²) in [5.74, 6) is -0.139. The summed E-state index contributed by atoms with van der Waals surface area (Å²) in [6.45, 7) is 1.77. The molecular formula is C15H14N2O3S. The fraction of sp³-hybridized carbons (Fsp3) is 0.267. The van der Waals surface area contributed by atoms with Gasteiger partial charge in [0.25, 0.3) is 0 Å². The van der Waals surface area contributed by atoms with Crippen LogP contribution in [0.1, 0.15) is 18.5 Å². The zero-order chi connectivity index (χ0) is 15.0. The minimum absolute atomic E-state index is 0.0403. The summed E-state index contributed by atoms with van der Waals surface area (Å²) in [4.78, 5) is 30.3. The number of amides is 1. The molecule has 2 aliphatic heterocycles. The first kappa shape index (κ1) is 13.9. The van der Waals surface area contributed by atoms with E-state index in [2.05, 4.69) is 4.99 Å². The van der Waals surface area contributed by atoms with Crippen LogP contribution in [0.15, 0.2) is 46.6 Å². The Hall–Kier alpha value is -2.08. The van der Waals surface area contributed by atoms with E-state index in [9.17, 15) is 9.59 Å². The molecule has 0 saturated carbocycles. The Bertz CT molecular complexity index is 667. The Kier molecular flexibility index (Phi) is 3.55. The van der Waals surface area contributed by atoms with Crippen molar-refractivity contribution < 1.29 is 14.3 Å². The lowest BCUT2D eigenvalue weighted by Crippen LogP contribution is -2.39. The van der Waals surface area contributed by atoms with Crippen LogP contribution in [0.5, 0.6) is 0 Å². The molecule has 1 amide bonds. The minimum atomic E-state index is -0.464. The van der Waals surface area contributed by atoms with Gasteiger partial charge in [0.2, 0.25) is 5.91 Å². The summed E-state index contributed by atoms with van der Waals surface area (Å²) in [5.41, 5.74) is 1.90. The molecule has 2 heterocycles. The molecule has 0 spiro atoms. The van der Waals surface area contributed by atoms with Crippen molar-refractivity contribution in [3.8, 4) is 0 Å². The second-order valence-electron chi connectivity index (χ2n) is 4.75. The second-order valence-corrected chi connectivity index (χ2v) is 5.69. The van der Waals surface area contributed by atoms with Crippen LogP contribution in [0.3, 0.4) is 0 Å². The first-order valence-electron chi connectivity index (χ1n) is 6.51. The predicted molar refractivity (Wildman–Crippen MR) is 80.6 cm³/mol. The number of fused-ring (bicyclic) bond motifs is 1. The van der Waals surface area contributed by atoms with E-state index in [1.54, 1.807) is 11.8 Å². The number of carbonyl (C=O) groups is 2. The highest BCUT2D eigenvalue weighted by atomic mass is 32.2. The Balaban J connectivity index is 2.17. The van der Waals surface area contributed by atoms with Crippen LogP contribution >= 0.6 is 11.8 Å². The number of aliphatic imine (C=N–C) groups is 1. The highest BCUT2D eigenvalue weighted by Crippen LogP contribution is 2.40. The number of rotatable bonds is 2. The molecule has 3 rings (SSSR count). The van der Waals surface area contributed by atoms with Gasteiger partial charge in [-0.25, -0.2) is 9.79 Å². The Morgan fingerprint density at radius 2 is 2.10 bits per heavy atom.